The van der Waals surface area contributed by atoms with Crippen LogP contribution in [0.4, 0.5) is 0 Å². The van der Waals surface area contributed by atoms with Gasteiger partial charge in [0, 0.05) is 12.1 Å². The molecule has 1 saturated heterocycles. The number of ether oxygens (including phenoxy) is 1. The highest BCUT2D eigenvalue weighted by atomic mass is 16.5. The molecule has 0 bridgehead atoms. The number of amides is 1. The second-order valence-corrected chi connectivity index (χ2v) is 6.33. The van der Waals surface area contributed by atoms with E-state index in [2.05, 4.69) is 25.4 Å². The number of rotatable bonds is 4. The van der Waals surface area contributed by atoms with Gasteiger partial charge in [-0.15, -0.1) is 0 Å². The first-order chi connectivity index (χ1) is 12.7. The molecular weight excluding hydrogens is 332 g/mol. The van der Waals surface area contributed by atoms with Crippen molar-refractivity contribution < 1.29 is 9.53 Å². The zero-order valence-corrected chi connectivity index (χ0v) is 14.7. The average molecular weight is 352 g/mol. The number of methoxy groups -OCH3 is 1. The van der Waals surface area contributed by atoms with Crippen LogP contribution in [-0.4, -0.2) is 49.8 Å². The van der Waals surface area contributed by atoms with E-state index in [1.54, 1.807) is 13.2 Å². The van der Waals surface area contributed by atoms with Crippen molar-refractivity contribution in [2.24, 2.45) is 0 Å². The number of aromatic amines is 2. The highest BCUT2D eigenvalue weighted by molar-refractivity contribution is 5.93. The lowest BCUT2D eigenvalue weighted by Crippen LogP contribution is -2.31. The molecule has 3 aromatic rings. The van der Waals surface area contributed by atoms with E-state index in [1.807, 2.05) is 36.1 Å². The van der Waals surface area contributed by atoms with Crippen LogP contribution < -0.4 is 4.74 Å². The lowest BCUT2D eigenvalue weighted by atomic mass is 10.1. The topological polar surface area (TPSA) is 99.8 Å². The Morgan fingerprint density at radius 3 is 2.73 bits per heavy atom. The third kappa shape index (κ3) is 2.94. The first kappa shape index (κ1) is 16.3. The summed E-state index contributed by atoms with van der Waals surface area (Å²) in [5, 5.41) is 14.2. The summed E-state index contributed by atoms with van der Waals surface area (Å²) in [6.07, 6.45) is 1.80. The van der Waals surface area contributed by atoms with Crippen molar-refractivity contribution in [1.29, 1.82) is 0 Å². The highest BCUT2D eigenvalue weighted by Gasteiger charge is 2.33. The maximum Gasteiger partial charge on any atom is 0.272 e. The van der Waals surface area contributed by atoms with Crippen molar-refractivity contribution in [1.82, 2.24) is 30.3 Å². The lowest BCUT2D eigenvalue weighted by molar-refractivity contribution is 0.0724. The Balaban J connectivity index is 1.55. The molecule has 2 N–H and O–H groups in total. The standard InChI is InChI=1S/C18H20N6O2/c1-11-19-17(23-20-11)16-4-3-9-24(16)18(25)15-10-14(21-22-15)12-5-7-13(26-2)8-6-12/h5-8,10,16H,3-4,9H2,1-2H3,(H,21,22)(H,19,20,23). The SMILES string of the molecule is COc1ccc(-c2cc(C(=O)N3CCCC3c3n[nH]c(C)n3)[nH]n2)cc1. The van der Waals surface area contributed by atoms with E-state index in [4.69, 9.17) is 4.74 Å². The largest absolute Gasteiger partial charge is 0.497 e. The molecule has 1 atom stereocenters. The number of aromatic nitrogens is 5. The number of likely N-dealkylation sites (tertiary alicyclic amines) is 1. The van der Waals surface area contributed by atoms with Crippen LogP contribution in [0.25, 0.3) is 11.3 Å². The Bertz CT molecular complexity index is 914. The molecule has 3 heterocycles. The first-order valence-electron chi connectivity index (χ1n) is 8.55. The number of aryl methyl sites for hydroxylation is 1. The van der Waals surface area contributed by atoms with Crippen LogP contribution in [0.1, 0.15) is 41.0 Å². The van der Waals surface area contributed by atoms with E-state index in [0.717, 1.165) is 35.7 Å². The Labute approximate surface area is 150 Å². The third-order valence-corrected chi connectivity index (χ3v) is 4.62. The number of nitrogens with one attached hydrogen (secondary N) is 2. The number of hydrogen-bond donors (Lipinski definition) is 2. The van der Waals surface area contributed by atoms with E-state index in [9.17, 15) is 4.79 Å². The molecule has 26 heavy (non-hydrogen) atoms. The quantitative estimate of drug-likeness (QED) is 0.751. The molecule has 8 nitrogen and oxygen atoms in total. The summed E-state index contributed by atoms with van der Waals surface area (Å²) in [5.74, 6) is 2.12. The van der Waals surface area contributed by atoms with Gasteiger partial charge in [0.2, 0.25) is 0 Å². The van der Waals surface area contributed by atoms with Gasteiger partial charge in [0.1, 0.15) is 17.3 Å². The molecule has 8 heteroatoms. The fourth-order valence-electron chi connectivity index (χ4n) is 3.28. The number of H-pyrrole nitrogens is 2. The molecule has 2 aromatic heterocycles. The first-order valence-corrected chi connectivity index (χ1v) is 8.55. The van der Waals surface area contributed by atoms with Crippen molar-refractivity contribution in [2.75, 3.05) is 13.7 Å². The molecule has 1 aliphatic heterocycles. The van der Waals surface area contributed by atoms with Gasteiger partial charge < -0.3 is 9.64 Å². The molecule has 0 saturated carbocycles. The minimum absolute atomic E-state index is 0.0813. The second kappa shape index (κ2) is 6.62. The van der Waals surface area contributed by atoms with Gasteiger partial charge in [0.25, 0.3) is 5.91 Å². The van der Waals surface area contributed by atoms with Crippen molar-refractivity contribution >= 4 is 5.91 Å². The minimum Gasteiger partial charge on any atom is -0.497 e. The Morgan fingerprint density at radius 2 is 2.04 bits per heavy atom. The number of nitrogens with zero attached hydrogens (tertiary/aromatic N) is 4. The molecule has 4 rings (SSSR count). The van der Waals surface area contributed by atoms with Crippen molar-refractivity contribution in [3.8, 4) is 17.0 Å². The zero-order chi connectivity index (χ0) is 18.1. The maximum absolute atomic E-state index is 13.0. The van der Waals surface area contributed by atoms with Crippen LogP contribution in [0.2, 0.25) is 0 Å². The third-order valence-electron chi connectivity index (χ3n) is 4.62. The lowest BCUT2D eigenvalue weighted by Gasteiger charge is -2.21. The normalized spacial score (nSPS) is 16.8. The van der Waals surface area contributed by atoms with Crippen molar-refractivity contribution in [2.45, 2.75) is 25.8 Å². The molecule has 1 aromatic carbocycles. The number of benzene rings is 1. The molecule has 1 amide bonds. The Kier molecular flexibility index (Phi) is 4.16. The van der Waals surface area contributed by atoms with Gasteiger partial charge in [-0.05, 0) is 50.1 Å². The number of hydrogen-bond acceptors (Lipinski definition) is 5. The fraction of sp³-hybridized carbons (Fsp3) is 0.333. The Hall–Kier alpha value is -3.16. The number of carbonyl (C=O) groups excluding carboxylic acids is 1. The molecular formula is C18H20N6O2. The predicted octanol–water partition coefficient (Wildman–Crippen LogP) is 2.49. The summed E-state index contributed by atoms with van der Waals surface area (Å²) in [6.45, 7) is 2.54. The molecule has 1 fully saturated rings. The van der Waals surface area contributed by atoms with Crippen LogP contribution >= 0.6 is 0 Å². The van der Waals surface area contributed by atoms with Crippen molar-refractivity contribution in [3.05, 3.63) is 47.7 Å². The summed E-state index contributed by atoms with van der Waals surface area (Å²) in [5.41, 5.74) is 2.11. The molecule has 134 valence electrons. The van der Waals surface area contributed by atoms with Gasteiger partial charge in [-0.3, -0.25) is 15.0 Å². The highest BCUT2D eigenvalue weighted by Crippen LogP contribution is 2.31. The summed E-state index contributed by atoms with van der Waals surface area (Å²) in [7, 11) is 1.63. The van der Waals surface area contributed by atoms with Gasteiger partial charge in [-0.25, -0.2) is 4.98 Å². The predicted molar refractivity (Wildman–Crippen MR) is 94.7 cm³/mol. The van der Waals surface area contributed by atoms with Crippen LogP contribution in [-0.2, 0) is 0 Å². The van der Waals surface area contributed by atoms with Crippen LogP contribution in [0, 0.1) is 6.92 Å². The number of carbonyl (C=O) groups is 1. The van der Waals surface area contributed by atoms with Crippen LogP contribution in [0.5, 0.6) is 5.75 Å². The summed E-state index contributed by atoms with van der Waals surface area (Å²) in [4.78, 5) is 19.2. The zero-order valence-electron chi connectivity index (χ0n) is 14.7. The second-order valence-electron chi connectivity index (χ2n) is 6.33. The minimum atomic E-state index is -0.0970. The average Bonchev–Trinajstić information content (AvgIpc) is 3.41. The van der Waals surface area contributed by atoms with Crippen LogP contribution in [0.15, 0.2) is 30.3 Å². The molecule has 0 spiro atoms. The van der Waals surface area contributed by atoms with E-state index in [0.29, 0.717) is 18.1 Å². The van der Waals surface area contributed by atoms with E-state index in [1.165, 1.54) is 0 Å². The Morgan fingerprint density at radius 1 is 1.23 bits per heavy atom. The molecule has 1 aliphatic rings. The van der Waals surface area contributed by atoms with Gasteiger partial charge in [-0.1, -0.05) is 0 Å². The smallest absolute Gasteiger partial charge is 0.272 e. The summed E-state index contributed by atoms with van der Waals surface area (Å²) < 4.78 is 5.17. The van der Waals surface area contributed by atoms with Gasteiger partial charge in [-0.2, -0.15) is 10.2 Å². The molecule has 0 radical (unpaired) electrons. The summed E-state index contributed by atoms with van der Waals surface area (Å²) in [6, 6.07) is 9.25. The fourth-order valence-corrected chi connectivity index (χ4v) is 3.28. The van der Waals surface area contributed by atoms with Crippen molar-refractivity contribution in [3.63, 3.8) is 0 Å². The van der Waals surface area contributed by atoms with E-state index in [-0.39, 0.29) is 11.9 Å². The van der Waals surface area contributed by atoms with Crippen LogP contribution in [0.3, 0.4) is 0 Å². The van der Waals surface area contributed by atoms with E-state index >= 15 is 0 Å². The maximum atomic E-state index is 13.0. The van der Waals surface area contributed by atoms with Gasteiger partial charge in [0.15, 0.2) is 5.82 Å². The van der Waals surface area contributed by atoms with E-state index < -0.39 is 0 Å². The summed E-state index contributed by atoms with van der Waals surface area (Å²) >= 11 is 0. The molecule has 0 aliphatic carbocycles. The monoisotopic (exact) mass is 352 g/mol. The van der Waals surface area contributed by atoms with Gasteiger partial charge >= 0.3 is 0 Å². The van der Waals surface area contributed by atoms with Gasteiger partial charge in [0.05, 0.1) is 18.8 Å². The molecule has 1 unspecified atom stereocenters.